The number of fused-ring (bicyclic) bond motifs is 1. The Hall–Kier alpha value is -12.4. The molecule has 43 nitrogen and oxygen atoms in total. The summed E-state index contributed by atoms with van der Waals surface area (Å²) in [4.78, 5) is 246. The van der Waals surface area contributed by atoms with Crippen LogP contribution in [0.5, 0.6) is 0 Å². The van der Waals surface area contributed by atoms with Gasteiger partial charge in [-0.3, -0.25) is 97.5 Å². The second-order valence-corrected chi connectivity index (χ2v) is 37.2. The second-order valence-electron chi connectivity index (χ2n) is 31.5. The van der Waals surface area contributed by atoms with Crippen LogP contribution in [0.25, 0.3) is 10.9 Å². The summed E-state index contributed by atoms with van der Waals surface area (Å²) in [6.07, 6.45) is -0.985. The molecular formula is C83H106ClN17O26P2S. The molecule has 0 saturated heterocycles. The molecule has 0 bridgehead atoms. The van der Waals surface area contributed by atoms with E-state index in [1.54, 1.807) is 75.5 Å². The number of primary sulfonamides is 1. The van der Waals surface area contributed by atoms with E-state index >= 15 is 28.8 Å². The lowest BCUT2D eigenvalue weighted by atomic mass is 10.1. The van der Waals surface area contributed by atoms with E-state index in [1.807, 2.05) is 0 Å². The summed E-state index contributed by atoms with van der Waals surface area (Å²) in [7, 11) is -14.2. The number of non-ortho nitro benzene ring substituents is 4. The molecule has 1 heterocycles. The predicted molar refractivity (Wildman–Crippen MR) is 476 cm³/mol. The van der Waals surface area contributed by atoms with Crippen molar-refractivity contribution in [3.63, 3.8) is 0 Å². The Morgan fingerprint density at radius 2 is 0.792 bits per heavy atom. The number of halogens is 1. The van der Waals surface area contributed by atoms with E-state index in [0.29, 0.717) is 27.1 Å². The van der Waals surface area contributed by atoms with Gasteiger partial charge in [-0.2, -0.15) is 0 Å². The number of amides is 10. The Kier molecular flexibility index (Phi) is 38.9. The van der Waals surface area contributed by atoms with Crippen LogP contribution in [0, 0.1) is 46.4 Å². The molecule has 0 unspecified atom stereocenters. The first kappa shape index (κ1) is 105. The van der Waals surface area contributed by atoms with E-state index in [9.17, 15) is 96.8 Å². The van der Waals surface area contributed by atoms with Crippen LogP contribution < -0.4 is 16.2 Å². The number of nitrogens with one attached hydrogen (secondary N) is 2. The van der Waals surface area contributed by atoms with Gasteiger partial charge in [0, 0.05) is 116 Å². The third-order valence-corrected chi connectivity index (χ3v) is 24.4. The largest absolute Gasteiger partial charge is 0.368 e. The highest BCUT2D eigenvalue weighted by atomic mass is 35.5. The first-order valence-electron chi connectivity index (χ1n) is 41.0. The Bertz CT molecular complexity index is 5420. The summed E-state index contributed by atoms with van der Waals surface area (Å²) in [5.41, 5.74) is 7.26. The lowest BCUT2D eigenvalue weighted by Crippen LogP contribution is -2.53. The minimum Gasteiger partial charge on any atom is -0.368 e. The number of sulfonamides is 1. The maximum Gasteiger partial charge on any atom is 0.325 e. The first-order chi connectivity index (χ1) is 61.0. The van der Waals surface area contributed by atoms with Gasteiger partial charge in [0.25, 0.3) is 22.7 Å². The van der Waals surface area contributed by atoms with Gasteiger partial charge in [0.1, 0.15) is 13.1 Å². The zero-order valence-electron chi connectivity index (χ0n) is 72.2. The zero-order chi connectivity index (χ0) is 96.2. The smallest absolute Gasteiger partial charge is 0.325 e. The highest BCUT2D eigenvalue weighted by molar-refractivity contribution is 7.89. The van der Waals surface area contributed by atoms with Crippen LogP contribution in [-0.2, 0) is 79.9 Å². The Morgan fingerprint density at radius 1 is 0.446 bits per heavy atom. The van der Waals surface area contributed by atoms with Crippen molar-refractivity contribution in [2.24, 2.45) is 16.8 Å². The Balaban J connectivity index is 1.28. The molecule has 702 valence electrons. The average Bonchev–Trinajstić information content (AvgIpc) is 1.43. The SMILES string of the molecule is CC(C)CCN(CC(=O)N(CCS(N)(=O)=O)CC(=O)N(CC(N)=O)[C@@H](C)c1ccc([N+](=O)[O-])cc1)C(=O)CN(CCCP(=O)(O)O)C(=O)CN(C(=O)CN(CCc1c[nH]c2cc(Cl)ccc12)C(=O)CN(CCCP(=O)(O)O)C(=O)CN(C(=O)CN(CCc1ccccc1)C(=O)CN[C@@H](C)c1ccc([N+](=O)[O-])cc1)[C@@H](C)c1ccc([N+](=O)[O-])cc1)[C@@H](C)c1ccc([N+](=O)[O-])cc1. The monoisotopic (exact) mass is 1890 g/mol. The fourth-order valence-electron chi connectivity index (χ4n) is 13.9. The Morgan fingerprint density at radius 3 is 1.17 bits per heavy atom. The topological polar surface area (TPSA) is 601 Å². The van der Waals surface area contributed by atoms with Crippen molar-refractivity contribution in [3.05, 3.63) is 231 Å². The molecule has 10 amide bonds. The molecule has 7 aromatic rings. The molecular weight excluding hydrogens is 1780 g/mol. The molecule has 0 fully saturated rings. The minimum atomic E-state index is -4.91. The van der Waals surface area contributed by atoms with Crippen LogP contribution in [0.15, 0.2) is 152 Å². The van der Waals surface area contributed by atoms with Crippen molar-refractivity contribution < 1.29 is 105 Å². The van der Waals surface area contributed by atoms with Gasteiger partial charge in [0.05, 0.1) is 108 Å². The van der Waals surface area contributed by atoms with Crippen LogP contribution >= 0.6 is 26.8 Å². The fraction of sp³-hybridized carbons (Fsp3) is 0.422. The summed E-state index contributed by atoms with van der Waals surface area (Å²) in [5.74, 6) is -11.3. The molecule has 47 heteroatoms. The number of nitro benzene ring substituents is 4. The number of hydrogen-bond acceptors (Lipinski definition) is 23. The summed E-state index contributed by atoms with van der Waals surface area (Å²) < 4.78 is 50.2. The van der Waals surface area contributed by atoms with Crippen molar-refractivity contribution in [2.45, 2.75) is 97.8 Å². The summed E-state index contributed by atoms with van der Waals surface area (Å²) in [5, 5.41) is 56.3. The number of rotatable bonds is 52. The van der Waals surface area contributed by atoms with Gasteiger partial charge in [-0.15, -0.1) is 0 Å². The molecule has 10 N–H and O–H groups in total. The zero-order valence-corrected chi connectivity index (χ0v) is 75.6. The number of carbonyl (C=O) groups is 10. The van der Waals surface area contributed by atoms with Gasteiger partial charge in [-0.05, 0) is 111 Å². The number of carbonyl (C=O) groups excluding carboxylic acids is 10. The molecule has 6 aromatic carbocycles. The van der Waals surface area contributed by atoms with E-state index in [-0.39, 0.29) is 72.0 Å². The maximum absolute atomic E-state index is 15.9. The number of nitrogens with zero attached hydrogens (tertiary/aromatic N) is 13. The molecule has 1 aromatic heterocycles. The normalized spacial score (nSPS) is 12.5. The van der Waals surface area contributed by atoms with Gasteiger partial charge >= 0.3 is 15.2 Å². The highest BCUT2D eigenvalue weighted by Gasteiger charge is 2.37. The van der Waals surface area contributed by atoms with Crippen LogP contribution in [0.1, 0.15) is 118 Å². The van der Waals surface area contributed by atoms with Gasteiger partial charge < -0.3 is 79.7 Å². The lowest BCUT2D eigenvalue weighted by molar-refractivity contribution is -0.385. The minimum absolute atomic E-state index is 0.0970. The molecule has 0 radical (unpaired) electrons. The molecule has 0 saturated carbocycles. The van der Waals surface area contributed by atoms with E-state index in [4.69, 9.17) is 22.5 Å². The average molecular weight is 1890 g/mol. The predicted octanol–water partition coefficient (Wildman–Crippen LogP) is 6.29. The number of aromatic nitrogens is 1. The fourth-order valence-corrected chi connectivity index (χ4v) is 15.7. The second kappa shape index (κ2) is 48.3. The number of H-pyrrole nitrogens is 1. The van der Waals surface area contributed by atoms with Crippen LogP contribution in [-0.4, -0.2) is 279 Å². The van der Waals surface area contributed by atoms with E-state index < -0.39 is 256 Å². The third-order valence-electron chi connectivity index (χ3n) is 21.6. The molecule has 0 aliphatic heterocycles. The van der Waals surface area contributed by atoms with Crippen molar-refractivity contribution in [2.75, 3.05) is 123 Å². The third kappa shape index (κ3) is 33.3. The number of nitrogens with two attached hydrogens (primary N) is 2. The Labute approximate surface area is 752 Å². The maximum atomic E-state index is 15.9. The number of primary amides is 1. The summed E-state index contributed by atoms with van der Waals surface area (Å²) in [6.45, 7) is -2.44. The van der Waals surface area contributed by atoms with Crippen molar-refractivity contribution >= 4 is 130 Å². The van der Waals surface area contributed by atoms with E-state index in [2.05, 4.69) is 10.3 Å². The number of benzene rings is 6. The highest BCUT2D eigenvalue weighted by Crippen LogP contribution is 2.37. The quantitative estimate of drug-likeness (QED) is 0.0118. The molecule has 4 atom stereocenters. The number of aromatic amines is 1. The van der Waals surface area contributed by atoms with Crippen molar-refractivity contribution in [1.29, 1.82) is 0 Å². The van der Waals surface area contributed by atoms with Crippen molar-refractivity contribution in [1.82, 2.24) is 54.4 Å². The van der Waals surface area contributed by atoms with E-state index in [0.717, 1.165) is 81.2 Å². The van der Waals surface area contributed by atoms with Crippen molar-refractivity contribution in [3.8, 4) is 0 Å². The molecule has 0 aliphatic carbocycles. The first-order valence-corrected chi connectivity index (χ1v) is 46.7. The molecule has 0 spiro atoms. The lowest BCUT2D eigenvalue weighted by Gasteiger charge is -2.35. The standard InChI is InChI=1S/C83H106ClN17O26P2S/c1-56(2)32-37-92(50-78(106)94(40-43-130(86,126)127)53-81(109)95(47-74(85)102)58(4)63-16-25-69(26-17-63)99(114)115)76(104)48-89(35-10-41-128(120,121)122)80(108)55-97(60(6)65-20-29-71(30-21-65)101(118)119)83(111)52-93(39-34-66-45-88-73-44-67(84)22-31-72(66)73)77(105)49-90(36-11-42-129(123,124)125)79(107)54-96(59(5)64-18-27-70(28-19-64)100(116)117)82(110)51-91(38-33-61-12-8-7-9-13-61)75(103)46-87-57(3)62-14-23-68(24-15-62)98(112)113/h7-9,12-31,44-45,56-60,87-88H,10-11,32-43,46-55H2,1-6H3,(H2,85,102)(H2,86,126,127)(H2,120,121,122)(H2,123,124,125)/t57-,58-,59-,60-/m0/s1. The molecule has 7 rings (SSSR count). The van der Waals surface area contributed by atoms with E-state index in [1.165, 1.54) is 86.3 Å². The number of hydrogen-bond donors (Lipinski definition) is 8. The van der Waals surface area contributed by atoms with Gasteiger partial charge in [-0.25, -0.2) is 13.6 Å². The van der Waals surface area contributed by atoms with Gasteiger partial charge in [-0.1, -0.05) is 110 Å². The number of nitro groups is 4. The molecule has 0 aliphatic rings. The van der Waals surface area contributed by atoms with Crippen LogP contribution in [0.3, 0.4) is 0 Å². The van der Waals surface area contributed by atoms with Gasteiger partial charge in [0.15, 0.2) is 0 Å². The van der Waals surface area contributed by atoms with Crippen LogP contribution in [0.4, 0.5) is 22.7 Å². The summed E-state index contributed by atoms with van der Waals surface area (Å²) >= 11 is 6.37. The van der Waals surface area contributed by atoms with Gasteiger partial charge in [0.2, 0.25) is 69.1 Å². The van der Waals surface area contributed by atoms with Crippen LogP contribution in [0.2, 0.25) is 5.02 Å². The summed E-state index contributed by atoms with van der Waals surface area (Å²) in [6, 6.07) is 29.5. The molecule has 130 heavy (non-hydrogen) atoms.